The Balaban J connectivity index is 2.20. The SMILES string of the molecule is NC(=O)CN(Cc1ccccc1)C(=O)c1ccc(I)cc1. The van der Waals surface area contributed by atoms with Crippen LogP contribution in [0.5, 0.6) is 0 Å². The van der Waals surface area contributed by atoms with Gasteiger partial charge in [-0.05, 0) is 52.4 Å². The summed E-state index contributed by atoms with van der Waals surface area (Å²) >= 11 is 2.18. The van der Waals surface area contributed by atoms with Crippen molar-refractivity contribution in [3.8, 4) is 0 Å². The fourth-order valence-electron chi connectivity index (χ4n) is 1.97. The predicted molar refractivity (Wildman–Crippen MR) is 89.5 cm³/mol. The number of carbonyl (C=O) groups is 2. The molecule has 0 unspecified atom stereocenters. The summed E-state index contributed by atoms with van der Waals surface area (Å²) in [4.78, 5) is 25.2. The van der Waals surface area contributed by atoms with Crippen LogP contribution < -0.4 is 5.73 Å². The lowest BCUT2D eigenvalue weighted by atomic mass is 10.1. The maximum atomic E-state index is 12.5. The van der Waals surface area contributed by atoms with Crippen LogP contribution in [0.2, 0.25) is 0 Å². The summed E-state index contributed by atoms with van der Waals surface area (Å²) in [6.45, 7) is 0.258. The average molecular weight is 394 g/mol. The van der Waals surface area contributed by atoms with Crippen molar-refractivity contribution >= 4 is 34.4 Å². The van der Waals surface area contributed by atoms with Crippen molar-refractivity contribution in [1.82, 2.24) is 4.90 Å². The topological polar surface area (TPSA) is 63.4 Å². The Morgan fingerprint density at radius 2 is 1.62 bits per heavy atom. The lowest BCUT2D eigenvalue weighted by molar-refractivity contribution is -0.118. The van der Waals surface area contributed by atoms with E-state index in [-0.39, 0.29) is 12.5 Å². The Morgan fingerprint density at radius 1 is 1.00 bits per heavy atom. The molecule has 0 heterocycles. The van der Waals surface area contributed by atoms with Gasteiger partial charge in [-0.25, -0.2) is 0 Å². The average Bonchev–Trinajstić information content (AvgIpc) is 2.47. The highest BCUT2D eigenvalue weighted by molar-refractivity contribution is 14.1. The Morgan fingerprint density at radius 3 is 2.19 bits per heavy atom. The monoisotopic (exact) mass is 394 g/mol. The molecule has 2 aromatic carbocycles. The second kappa shape index (κ2) is 7.21. The molecule has 4 nitrogen and oxygen atoms in total. The van der Waals surface area contributed by atoms with Crippen LogP contribution in [-0.2, 0) is 11.3 Å². The Labute approximate surface area is 137 Å². The molecule has 2 aromatic rings. The van der Waals surface area contributed by atoms with E-state index in [0.29, 0.717) is 12.1 Å². The van der Waals surface area contributed by atoms with Gasteiger partial charge < -0.3 is 10.6 Å². The van der Waals surface area contributed by atoms with Gasteiger partial charge >= 0.3 is 0 Å². The van der Waals surface area contributed by atoms with E-state index in [1.54, 1.807) is 12.1 Å². The number of hydrogen-bond acceptors (Lipinski definition) is 2. The van der Waals surface area contributed by atoms with Gasteiger partial charge in [0.2, 0.25) is 5.91 Å². The second-order valence-corrected chi connectivity index (χ2v) is 5.87. The smallest absolute Gasteiger partial charge is 0.254 e. The van der Waals surface area contributed by atoms with Crippen molar-refractivity contribution in [3.63, 3.8) is 0 Å². The molecule has 0 fully saturated rings. The standard InChI is InChI=1S/C16H15IN2O2/c17-14-8-6-13(7-9-14)16(21)19(11-15(18)20)10-12-4-2-1-3-5-12/h1-9H,10-11H2,(H2,18,20). The van der Waals surface area contributed by atoms with Crippen molar-refractivity contribution in [1.29, 1.82) is 0 Å². The summed E-state index contributed by atoms with van der Waals surface area (Å²) in [6, 6.07) is 16.7. The summed E-state index contributed by atoms with van der Waals surface area (Å²) in [7, 11) is 0. The zero-order valence-electron chi connectivity index (χ0n) is 11.3. The van der Waals surface area contributed by atoms with Crippen molar-refractivity contribution in [2.75, 3.05) is 6.54 Å². The van der Waals surface area contributed by atoms with E-state index in [0.717, 1.165) is 9.13 Å². The largest absolute Gasteiger partial charge is 0.368 e. The number of rotatable bonds is 5. The van der Waals surface area contributed by atoms with Crippen LogP contribution in [0, 0.1) is 3.57 Å². The first kappa shape index (κ1) is 15.5. The van der Waals surface area contributed by atoms with E-state index in [1.165, 1.54) is 4.90 Å². The maximum absolute atomic E-state index is 12.5. The molecule has 2 rings (SSSR count). The molecule has 0 aliphatic carbocycles. The second-order valence-electron chi connectivity index (χ2n) is 4.62. The number of nitrogens with two attached hydrogens (primary N) is 1. The lowest BCUT2D eigenvalue weighted by Gasteiger charge is -2.21. The minimum Gasteiger partial charge on any atom is -0.368 e. The number of nitrogens with zero attached hydrogens (tertiary/aromatic N) is 1. The number of primary amides is 1. The van der Waals surface area contributed by atoms with E-state index in [2.05, 4.69) is 22.6 Å². The molecule has 2 amide bonds. The van der Waals surface area contributed by atoms with Crippen LogP contribution in [0.1, 0.15) is 15.9 Å². The molecule has 0 spiro atoms. The van der Waals surface area contributed by atoms with Crippen molar-refractivity contribution in [2.24, 2.45) is 5.73 Å². The lowest BCUT2D eigenvalue weighted by Crippen LogP contribution is -2.38. The first-order valence-corrected chi connectivity index (χ1v) is 7.51. The summed E-state index contributed by atoms with van der Waals surface area (Å²) in [5, 5.41) is 0. The molecule has 0 aliphatic heterocycles. The maximum Gasteiger partial charge on any atom is 0.254 e. The van der Waals surface area contributed by atoms with Crippen molar-refractivity contribution in [3.05, 3.63) is 69.3 Å². The zero-order valence-corrected chi connectivity index (χ0v) is 13.5. The fourth-order valence-corrected chi connectivity index (χ4v) is 2.33. The molecule has 2 N–H and O–H groups in total. The third-order valence-electron chi connectivity index (χ3n) is 2.94. The molecule has 0 saturated heterocycles. The first-order chi connectivity index (χ1) is 10.1. The number of amides is 2. The molecule has 5 heteroatoms. The molecular formula is C16H15IN2O2. The van der Waals surface area contributed by atoms with E-state index in [1.807, 2.05) is 42.5 Å². The number of hydrogen-bond donors (Lipinski definition) is 1. The molecule has 0 bridgehead atoms. The van der Waals surface area contributed by atoms with Gasteiger partial charge in [-0.15, -0.1) is 0 Å². The zero-order chi connectivity index (χ0) is 15.2. The van der Waals surface area contributed by atoms with Crippen molar-refractivity contribution in [2.45, 2.75) is 6.54 Å². The van der Waals surface area contributed by atoms with Crippen LogP contribution in [0.3, 0.4) is 0 Å². The van der Waals surface area contributed by atoms with Gasteiger partial charge in [-0.2, -0.15) is 0 Å². The normalized spacial score (nSPS) is 10.1. The summed E-state index contributed by atoms with van der Waals surface area (Å²) in [5.41, 5.74) is 6.76. The van der Waals surface area contributed by atoms with Gasteiger partial charge in [-0.1, -0.05) is 30.3 Å². The van der Waals surface area contributed by atoms with E-state index in [4.69, 9.17) is 5.73 Å². The van der Waals surface area contributed by atoms with Gasteiger partial charge in [0.15, 0.2) is 0 Å². The van der Waals surface area contributed by atoms with Crippen molar-refractivity contribution < 1.29 is 9.59 Å². The highest BCUT2D eigenvalue weighted by Gasteiger charge is 2.18. The summed E-state index contributed by atoms with van der Waals surface area (Å²) < 4.78 is 1.05. The number of halogens is 1. The first-order valence-electron chi connectivity index (χ1n) is 6.43. The van der Waals surface area contributed by atoms with Crippen LogP contribution >= 0.6 is 22.6 Å². The third kappa shape index (κ3) is 4.56. The molecule has 0 atom stereocenters. The van der Waals surface area contributed by atoms with Gasteiger partial charge in [0.05, 0.1) is 6.54 Å². The van der Waals surface area contributed by atoms with Gasteiger partial charge in [0, 0.05) is 15.7 Å². The quantitative estimate of drug-likeness (QED) is 0.792. The fraction of sp³-hybridized carbons (Fsp3) is 0.125. The minimum absolute atomic E-state index is 0.0975. The number of carbonyl (C=O) groups excluding carboxylic acids is 2. The highest BCUT2D eigenvalue weighted by Crippen LogP contribution is 2.12. The van der Waals surface area contributed by atoms with Crippen LogP contribution in [0.25, 0.3) is 0 Å². The molecule has 21 heavy (non-hydrogen) atoms. The van der Waals surface area contributed by atoms with E-state index in [9.17, 15) is 9.59 Å². The van der Waals surface area contributed by atoms with Crippen LogP contribution in [0.15, 0.2) is 54.6 Å². The Kier molecular flexibility index (Phi) is 5.32. The highest BCUT2D eigenvalue weighted by atomic mass is 127. The Bertz CT molecular complexity index is 626. The summed E-state index contributed by atoms with van der Waals surface area (Å²) in [5.74, 6) is -0.723. The molecule has 0 saturated carbocycles. The molecular weight excluding hydrogens is 379 g/mol. The molecule has 0 radical (unpaired) electrons. The van der Waals surface area contributed by atoms with E-state index >= 15 is 0 Å². The molecule has 0 aromatic heterocycles. The predicted octanol–water partition coefficient (Wildman–Crippen LogP) is 2.42. The van der Waals surface area contributed by atoms with Crippen LogP contribution in [-0.4, -0.2) is 23.3 Å². The Hall–Kier alpha value is -1.89. The van der Waals surface area contributed by atoms with Gasteiger partial charge in [-0.3, -0.25) is 9.59 Å². The van der Waals surface area contributed by atoms with Crippen LogP contribution in [0.4, 0.5) is 0 Å². The van der Waals surface area contributed by atoms with Gasteiger partial charge in [0.25, 0.3) is 5.91 Å². The van der Waals surface area contributed by atoms with E-state index < -0.39 is 5.91 Å². The number of benzene rings is 2. The third-order valence-corrected chi connectivity index (χ3v) is 3.66. The molecule has 0 aliphatic rings. The van der Waals surface area contributed by atoms with Gasteiger partial charge in [0.1, 0.15) is 0 Å². The minimum atomic E-state index is -0.523. The summed E-state index contributed by atoms with van der Waals surface area (Å²) in [6.07, 6.45) is 0. The molecule has 108 valence electrons.